The van der Waals surface area contributed by atoms with Crippen molar-refractivity contribution < 1.29 is 4.74 Å². The number of hydrogen-bond donors (Lipinski definition) is 1. The molecule has 1 aliphatic carbocycles. The van der Waals surface area contributed by atoms with Crippen molar-refractivity contribution in [2.75, 3.05) is 25.1 Å². The lowest BCUT2D eigenvalue weighted by Gasteiger charge is -2.40. The van der Waals surface area contributed by atoms with Crippen molar-refractivity contribution in [3.05, 3.63) is 18.5 Å². The number of hydrogen-bond acceptors (Lipinski definition) is 5. The van der Waals surface area contributed by atoms with Crippen LogP contribution in [0.3, 0.4) is 0 Å². The molecular weight excluding hydrogens is 240 g/mol. The summed E-state index contributed by atoms with van der Waals surface area (Å²) in [5.41, 5.74) is 0. The Hall–Kier alpha value is -1.20. The summed E-state index contributed by atoms with van der Waals surface area (Å²) in [6.45, 7) is 2.08. The molecule has 2 fully saturated rings. The van der Waals surface area contributed by atoms with Gasteiger partial charge in [0.05, 0.1) is 6.10 Å². The standard InChI is InChI=1S/C14H22N4O/c1-19-13-8-12(9-13)17-11-4-2-7-18(10-11)14-15-5-3-6-16-14/h3,5-6,11-13,17H,2,4,7-10H2,1H3. The van der Waals surface area contributed by atoms with Crippen LogP contribution in [0.4, 0.5) is 5.95 Å². The van der Waals surface area contributed by atoms with Crippen molar-refractivity contribution in [2.45, 2.75) is 43.9 Å². The molecule has 5 heteroatoms. The van der Waals surface area contributed by atoms with E-state index in [0.29, 0.717) is 18.2 Å². The number of nitrogens with zero attached hydrogens (tertiary/aromatic N) is 3. The van der Waals surface area contributed by atoms with Gasteiger partial charge in [-0.15, -0.1) is 0 Å². The Bertz CT molecular complexity index is 394. The van der Waals surface area contributed by atoms with Crippen molar-refractivity contribution in [1.29, 1.82) is 0 Å². The topological polar surface area (TPSA) is 50.3 Å². The zero-order chi connectivity index (χ0) is 13.1. The molecule has 1 saturated carbocycles. The van der Waals surface area contributed by atoms with Crippen LogP contribution in [0.2, 0.25) is 0 Å². The van der Waals surface area contributed by atoms with E-state index >= 15 is 0 Å². The van der Waals surface area contributed by atoms with Gasteiger partial charge in [-0.2, -0.15) is 0 Å². The molecule has 0 bridgehead atoms. The molecule has 1 saturated heterocycles. The molecule has 1 aromatic rings. The van der Waals surface area contributed by atoms with Crippen molar-refractivity contribution in [1.82, 2.24) is 15.3 Å². The number of piperidine rings is 1. The minimum atomic E-state index is 0.467. The number of ether oxygens (including phenoxy) is 1. The first-order valence-electron chi connectivity index (χ1n) is 7.16. The minimum absolute atomic E-state index is 0.467. The van der Waals surface area contributed by atoms with E-state index in [0.717, 1.165) is 31.9 Å². The van der Waals surface area contributed by atoms with Crippen LogP contribution in [0.15, 0.2) is 18.5 Å². The lowest BCUT2D eigenvalue weighted by atomic mass is 9.88. The van der Waals surface area contributed by atoms with Crippen LogP contribution >= 0.6 is 0 Å². The molecule has 0 aromatic carbocycles. The summed E-state index contributed by atoms with van der Waals surface area (Å²) < 4.78 is 5.33. The van der Waals surface area contributed by atoms with E-state index in [1.54, 1.807) is 7.11 Å². The van der Waals surface area contributed by atoms with Gasteiger partial charge < -0.3 is 15.0 Å². The van der Waals surface area contributed by atoms with Crippen molar-refractivity contribution >= 4 is 5.95 Å². The van der Waals surface area contributed by atoms with Crippen LogP contribution in [0.1, 0.15) is 25.7 Å². The van der Waals surface area contributed by atoms with Gasteiger partial charge in [0.25, 0.3) is 0 Å². The van der Waals surface area contributed by atoms with E-state index in [-0.39, 0.29) is 0 Å². The van der Waals surface area contributed by atoms with Crippen molar-refractivity contribution in [3.8, 4) is 0 Å². The lowest BCUT2D eigenvalue weighted by molar-refractivity contribution is 0.0137. The molecule has 0 radical (unpaired) electrons. The number of aromatic nitrogens is 2. The van der Waals surface area contributed by atoms with Gasteiger partial charge >= 0.3 is 0 Å². The molecule has 3 rings (SSSR count). The highest BCUT2D eigenvalue weighted by Gasteiger charge is 2.32. The van der Waals surface area contributed by atoms with Crippen molar-refractivity contribution in [3.63, 3.8) is 0 Å². The molecule has 0 amide bonds. The smallest absolute Gasteiger partial charge is 0.225 e. The fraction of sp³-hybridized carbons (Fsp3) is 0.714. The third kappa shape index (κ3) is 3.04. The monoisotopic (exact) mass is 262 g/mol. The normalized spacial score (nSPS) is 31.0. The Kier molecular flexibility index (Phi) is 3.94. The van der Waals surface area contributed by atoms with Gasteiger partial charge in [0.1, 0.15) is 0 Å². The van der Waals surface area contributed by atoms with Gasteiger partial charge in [-0.3, -0.25) is 0 Å². The van der Waals surface area contributed by atoms with Gasteiger partial charge in [-0.05, 0) is 31.7 Å². The maximum Gasteiger partial charge on any atom is 0.225 e. The predicted molar refractivity (Wildman–Crippen MR) is 74.2 cm³/mol. The molecule has 1 aliphatic heterocycles. The largest absolute Gasteiger partial charge is 0.381 e. The van der Waals surface area contributed by atoms with E-state index in [2.05, 4.69) is 20.2 Å². The van der Waals surface area contributed by atoms with Crippen LogP contribution in [-0.4, -0.2) is 48.4 Å². The fourth-order valence-corrected chi connectivity index (χ4v) is 2.98. The fourth-order valence-electron chi connectivity index (χ4n) is 2.98. The second-order valence-electron chi connectivity index (χ2n) is 5.53. The molecule has 1 atom stereocenters. The molecule has 1 N–H and O–H groups in total. The lowest BCUT2D eigenvalue weighted by Crippen LogP contribution is -2.54. The summed E-state index contributed by atoms with van der Waals surface area (Å²) in [6, 6.07) is 3.05. The highest BCUT2D eigenvalue weighted by Crippen LogP contribution is 2.24. The van der Waals surface area contributed by atoms with E-state index in [1.807, 2.05) is 18.5 Å². The highest BCUT2D eigenvalue weighted by molar-refractivity contribution is 5.29. The third-order valence-electron chi connectivity index (χ3n) is 4.16. The van der Waals surface area contributed by atoms with Crippen LogP contribution in [0.5, 0.6) is 0 Å². The molecule has 1 unspecified atom stereocenters. The van der Waals surface area contributed by atoms with Gasteiger partial charge in [-0.25, -0.2) is 9.97 Å². The maximum atomic E-state index is 5.33. The van der Waals surface area contributed by atoms with E-state index < -0.39 is 0 Å². The first-order chi connectivity index (χ1) is 9.35. The Labute approximate surface area is 114 Å². The predicted octanol–water partition coefficient (Wildman–Crippen LogP) is 1.21. The van der Waals surface area contributed by atoms with E-state index in [1.165, 1.54) is 12.8 Å². The quantitative estimate of drug-likeness (QED) is 0.884. The number of rotatable bonds is 4. The summed E-state index contributed by atoms with van der Waals surface area (Å²) >= 11 is 0. The average molecular weight is 262 g/mol. The Morgan fingerprint density at radius 2 is 2.05 bits per heavy atom. The molecule has 0 spiro atoms. The molecule has 104 valence electrons. The SMILES string of the molecule is COC1CC(NC2CCCN(c3ncccn3)C2)C1. The molecule has 1 aromatic heterocycles. The number of nitrogens with one attached hydrogen (secondary N) is 1. The van der Waals surface area contributed by atoms with Gasteiger partial charge in [0.2, 0.25) is 5.95 Å². The molecule has 5 nitrogen and oxygen atoms in total. The maximum absolute atomic E-state index is 5.33. The van der Waals surface area contributed by atoms with Crippen LogP contribution in [0.25, 0.3) is 0 Å². The first kappa shape index (κ1) is 12.8. The minimum Gasteiger partial charge on any atom is -0.381 e. The zero-order valence-corrected chi connectivity index (χ0v) is 11.5. The van der Waals surface area contributed by atoms with Crippen LogP contribution < -0.4 is 10.2 Å². The zero-order valence-electron chi connectivity index (χ0n) is 11.5. The summed E-state index contributed by atoms with van der Waals surface area (Å²) in [6.07, 6.45) is 8.84. The second kappa shape index (κ2) is 5.84. The average Bonchev–Trinajstić information content (AvgIpc) is 2.44. The summed E-state index contributed by atoms with van der Waals surface area (Å²) in [5.74, 6) is 0.859. The van der Waals surface area contributed by atoms with E-state index in [4.69, 9.17) is 4.74 Å². The summed E-state index contributed by atoms with van der Waals surface area (Å²) in [7, 11) is 1.80. The third-order valence-corrected chi connectivity index (χ3v) is 4.16. The highest BCUT2D eigenvalue weighted by atomic mass is 16.5. The second-order valence-corrected chi connectivity index (χ2v) is 5.53. The van der Waals surface area contributed by atoms with Crippen LogP contribution in [-0.2, 0) is 4.74 Å². The molecule has 2 heterocycles. The molecule has 19 heavy (non-hydrogen) atoms. The van der Waals surface area contributed by atoms with E-state index in [9.17, 15) is 0 Å². The Morgan fingerprint density at radius 1 is 1.26 bits per heavy atom. The summed E-state index contributed by atoms with van der Waals surface area (Å²) in [5, 5.41) is 3.74. The van der Waals surface area contributed by atoms with Gasteiger partial charge in [0.15, 0.2) is 0 Å². The van der Waals surface area contributed by atoms with Gasteiger partial charge in [-0.1, -0.05) is 0 Å². The van der Waals surface area contributed by atoms with Gasteiger partial charge in [0, 0.05) is 44.7 Å². The Morgan fingerprint density at radius 3 is 2.79 bits per heavy atom. The number of anilines is 1. The summed E-state index contributed by atoms with van der Waals surface area (Å²) in [4.78, 5) is 11.0. The Balaban J connectivity index is 1.51. The van der Waals surface area contributed by atoms with Crippen molar-refractivity contribution in [2.24, 2.45) is 0 Å². The first-order valence-corrected chi connectivity index (χ1v) is 7.16. The molecular formula is C14H22N4O. The van der Waals surface area contributed by atoms with Crippen LogP contribution in [0, 0.1) is 0 Å². The molecule has 2 aliphatic rings. The number of methoxy groups -OCH3 is 1.